The van der Waals surface area contributed by atoms with Crippen molar-refractivity contribution < 1.29 is 36.2 Å². The molecule has 0 atom stereocenters. The number of hydrogen-bond donors (Lipinski definition) is 1. The number of aliphatic imine (C=N–C) groups is 1. The van der Waals surface area contributed by atoms with Crippen molar-refractivity contribution in [1.82, 2.24) is 0 Å². The highest BCUT2D eigenvalue weighted by Crippen LogP contribution is 2.29. The Morgan fingerprint density at radius 3 is 1.81 bits per heavy atom. The topological polar surface area (TPSA) is 49.7 Å². The highest BCUT2D eigenvalue weighted by Gasteiger charge is 2.46. The molecule has 16 heavy (non-hydrogen) atoms. The van der Waals surface area contributed by atoms with Gasteiger partial charge in [-0.3, -0.25) is 9.79 Å². The van der Waals surface area contributed by atoms with Gasteiger partial charge in [-0.15, -0.1) is 0 Å². The van der Waals surface area contributed by atoms with E-state index < -0.39 is 29.5 Å². The number of Topliss-reactive ketones (excluding diaryl/α,β-unsaturated/α-hetero) is 1. The number of aliphatic hydroxyl groups is 1. The zero-order valence-electron chi connectivity index (χ0n) is 7.65. The fourth-order valence-electron chi connectivity index (χ4n) is 0.662. The molecule has 0 amide bonds. The molecule has 9 heteroatoms. The van der Waals surface area contributed by atoms with Crippen molar-refractivity contribution in [3.63, 3.8) is 0 Å². The number of allylic oxidation sites excluding steroid dienone is 2. The number of halogens is 6. The van der Waals surface area contributed by atoms with E-state index in [1.54, 1.807) is 0 Å². The van der Waals surface area contributed by atoms with Crippen molar-refractivity contribution in [3.8, 4) is 0 Å². The first-order chi connectivity index (χ1) is 7.01. The number of ketones is 1. The minimum absolute atomic E-state index is 0.00134. The van der Waals surface area contributed by atoms with Gasteiger partial charge in [0.15, 0.2) is 0 Å². The Bertz CT molecular complexity index is 338. The number of carbonyl (C=O) groups is 1. The van der Waals surface area contributed by atoms with Crippen molar-refractivity contribution >= 4 is 12.0 Å². The lowest BCUT2D eigenvalue weighted by Crippen LogP contribution is -2.29. The molecule has 0 saturated carbocycles. The highest BCUT2D eigenvalue weighted by molar-refractivity contribution is 6.16. The van der Waals surface area contributed by atoms with E-state index in [9.17, 15) is 31.1 Å². The quantitative estimate of drug-likeness (QED) is 0.353. The van der Waals surface area contributed by atoms with Crippen LogP contribution in [0.5, 0.6) is 0 Å². The monoisotopic (exact) mass is 249 g/mol. The Labute approximate surface area is 85.1 Å². The summed E-state index contributed by atoms with van der Waals surface area (Å²) < 4.78 is 71.2. The van der Waals surface area contributed by atoms with Gasteiger partial charge in [-0.1, -0.05) is 0 Å². The Balaban J connectivity index is 5.60. The number of carbonyl (C=O) groups excluding carboxylic acids is 1. The maximum Gasteiger partial charge on any atom is 0.455 e. The summed E-state index contributed by atoms with van der Waals surface area (Å²) in [7, 11) is 0.854. The van der Waals surface area contributed by atoms with Gasteiger partial charge in [-0.05, 0) is 0 Å². The summed E-state index contributed by atoms with van der Waals surface area (Å²) in [6.45, 7) is 0. The molecule has 0 heterocycles. The molecule has 0 saturated heterocycles. The first-order valence-electron chi connectivity index (χ1n) is 3.56. The van der Waals surface area contributed by atoms with E-state index in [1.165, 1.54) is 0 Å². The summed E-state index contributed by atoms with van der Waals surface area (Å²) in [5.41, 5.74) is -1.94. The fraction of sp³-hybridized carbons (Fsp3) is 0.429. The van der Waals surface area contributed by atoms with Crippen LogP contribution in [0, 0.1) is 0 Å². The van der Waals surface area contributed by atoms with Crippen LogP contribution >= 0.6 is 0 Å². The molecule has 0 fully saturated rings. The normalized spacial score (nSPS) is 15.2. The van der Waals surface area contributed by atoms with Gasteiger partial charge in [0.05, 0.1) is 5.57 Å². The summed E-state index contributed by atoms with van der Waals surface area (Å²) in [5.74, 6) is -5.44. The first-order valence-corrected chi connectivity index (χ1v) is 3.56. The summed E-state index contributed by atoms with van der Waals surface area (Å²) in [4.78, 5) is 13.4. The zero-order valence-corrected chi connectivity index (χ0v) is 7.65. The van der Waals surface area contributed by atoms with E-state index in [1.807, 2.05) is 0 Å². The zero-order chi connectivity index (χ0) is 13.1. The maximum absolute atomic E-state index is 11.9. The molecule has 0 aliphatic rings. The van der Waals surface area contributed by atoms with E-state index in [2.05, 4.69) is 4.99 Å². The number of rotatable bonds is 2. The van der Waals surface area contributed by atoms with E-state index in [0.29, 0.717) is 0 Å². The van der Waals surface area contributed by atoms with Crippen LogP contribution < -0.4 is 0 Å². The predicted octanol–water partition coefficient (Wildman–Crippen LogP) is 2.19. The number of aliphatic hydroxyl groups excluding tert-OH is 1. The molecule has 0 aromatic rings. The van der Waals surface area contributed by atoms with Crippen molar-refractivity contribution in [2.75, 3.05) is 7.05 Å². The van der Waals surface area contributed by atoms with Crippen molar-refractivity contribution in [2.24, 2.45) is 4.99 Å². The molecule has 0 aliphatic carbocycles. The first kappa shape index (κ1) is 14.5. The standard InChI is InChI=1S/C7H5F6NO2/c1-14-2-3(4(15)6(8,9)10)5(16)7(11,12)13/h2,15H,1H3. The van der Waals surface area contributed by atoms with Gasteiger partial charge in [0.1, 0.15) is 0 Å². The third-order valence-corrected chi connectivity index (χ3v) is 1.28. The molecule has 0 radical (unpaired) electrons. The Morgan fingerprint density at radius 1 is 1.12 bits per heavy atom. The lowest BCUT2D eigenvalue weighted by molar-refractivity contribution is -0.167. The summed E-state index contributed by atoms with van der Waals surface area (Å²) in [6.07, 6.45) is -11.0. The number of nitrogens with zero attached hydrogens (tertiary/aromatic N) is 1. The molecular weight excluding hydrogens is 244 g/mol. The summed E-state index contributed by atoms with van der Waals surface area (Å²) in [6, 6.07) is 0. The van der Waals surface area contributed by atoms with Crippen LogP contribution in [0.1, 0.15) is 0 Å². The second-order valence-corrected chi connectivity index (χ2v) is 2.47. The van der Waals surface area contributed by atoms with Gasteiger partial charge in [0.2, 0.25) is 5.76 Å². The molecule has 0 aliphatic heterocycles. The summed E-state index contributed by atoms with van der Waals surface area (Å²) >= 11 is 0. The van der Waals surface area contributed by atoms with E-state index in [-0.39, 0.29) is 6.21 Å². The van der Waals surface area contributed by atoms with Crippen LogP contribution in [-0.4, -0.2) is 36.5 Å². The summed E-state index contributed by atoms with van der Waals surface area (Å²) in [5, 5.41) is 8.45. The van der Waals surface area contributed by atoms with Crippen molar-refractivity contribution in [1.29, 1.82) is 0 Å². The molecule has 0 bridgehead atoms. The van der Waals surface area contributed by atoms with E-state index in [4.69, 9.17) is 5.11 Å². The predicted molar refractivity (Wildman–Crippen MR) is 41.2 cm³/mol. The van der Waals surface area contributed by atoms with Crippen LogP contribution in [-0.2, 0) is 4.79 Å². The molecule has 0 aromatic heterocycles. The van der Waals surface area contributed by atoms with Crippen molar-refractivity contribution in [3.05, 3.63) is 11.3 Å². The second-order valence-electron chi connectivity index (χ2n) is 2.47. The molecule has 3 nitrogen and oxygen atoms in total. The van der Waals surface area contributed by atoms with Crippen LogP contribution in [0.25, 0.3) is 0 Å². The molecule has 1 N–H and O–H groups in total. The van der Waals surface area contributed by atoms with Gasteiger partial charge < -0.3 is 5.11 Å². The minimum Gasteiger partial charge on any atom is -0.504 e. The second kappa shape index (κ2) is 4.54. The Kier molecular flexibility index (Phi) is 4.10. The van der Waals surface area contributed by atoms with E-state index >= 15 is 0 Å². The van der Waals surface area contributed by atoms with Crippen molar-refractivity contribution in [2.45, 2.75) is 12.4 Å². The SMILES string of the molecule is CN=CC(C(=O)C(F)(F)F)=C(O)C(F)(F)F. The Morgan fingerprint density at radius 2 is 1.56 bits per heavy atom. The smallest absolute Gasteiger partial charge is 0.455 e. The van der Waals surface area contributed by atoms with Crippen LogP contribution in [0.2, 0.25) is 0 Å². The average molecular weight is 249 g/mol. The van der Waals surface area contributed by atoms with Gasteiger partial charge in [0, 0.05) is 13.3 Å². The highest BCUT2D eigenvalue weighted by atomic mass is 19.4. The third-order valence-electron chi connectivity index (χ3n) is 1.28. The van der Waals surface area contributed by atoms with Gasteiger partial charge in [-0.25, -0.2) is 0 Å². The average Bonchev–Trinajstić information content (AvgIpc) is 2.09. The molecule has 0 aromatic carbocycles. The fourth-order valence-corrected chi connectivity index (χ4v) is 0.662. The molecule has 0 spiro atoms. The molecule has 0 rings (SSSR count). The number of alkyl halides is 6. The van der Waals surface area contributed by atoms with Crippen LogP contribution in [0.4, 0.5) is 26.3 Å². The lowest BCUT2D eigenvalue weighted by Gasteiger charge is -2.10. The van der Waals surface area contributed by atoms with Gasteiger partial charge in [-0.2, -0.15) is 26.3 Å². The Hall–Kier alpha value is -1.54. The lowest BCUT2D eigenvalue weighted by atomic mass is 10.1. The minimum atomic E-state index is -5.52. The molecule has 0 unspecified atom stereocenters. The van der Waals surface area contributed by atoms with Gasteiger partial charge in [0.25, 0.3) is 5.78 Å². The van der Waals surface area contributed by atoms with Crippen LogP contribution in [0.3, 0.4) is 0 Å². The molecular formula is C7H5F6NO2. The van der Waals surface area contributed by atoms with Crippen LogP contribution in [0.15, 0.2) is 16.3 Å². The van der Waals surface area contributed by atoms with E-state index in [0.717, 1.165) is 7.05 Å². The third kappa shape index (κ3) is 3.55. The van der Waals surface area contributed by atoms with Gasteiger partial charge >= 0.3 is 12.4 Å². The number of hydrogen-bond acceptors (Lipinski definition) is 3. The largest absolute Gasteiger partial charge is 0.504 e. The maximum atomic E-state index is 11.9. The molecule has 92 valence electrons.